The maximum Gasteiger partial charge on any atom is 0.319 e. The molecule has 7 heteroatoms. The third kappa shape index (κ3) is 3.66. The number of carbonyl (C=O) groups excluding carboxylic acids is 1. The molecule has 25 heavy (non-hydrogen) atoms. The highest BCUT2D eigenvalue weighted by Gasteiger charge is 2.28. The van der Waals surface area contributed by atoms with Crippen molar-refractivity contribution in [2.45, 2.75) is 33.3 Å². The Morgan fingerprint density at radius 1 is 1.24 bits per heavy atom. The molecule has 1 unspecified atom stereocenters. The van der Waals surface area contributed by atoms with Gasteiger partial charge in [0.15, 0.2) is 11.5 Å². The zero-order valence-electron chi connectivity index (χ0n) is 14.6. The van der Waals surface area contributed by atoms with Gasteiger partial charge in [-0.25, -0.2) is 9.78 Å². The van der Waals surface area contributed by atoms with Gasteiger partial charge in [0, 0.05) is 24.2 Å². The molecule has 0 aliphatic carbocycles. The number of nitrogens with zero attached hydrogens (tertiary/aromatic N) is 1. The lowest BCUT2D eigenvalue weighted by Gasteiger charge is -2.23. The number of rotatable bonds is 4. The van der Waals surface area contributed by atoms with Crippen LogP contribution < -0.4 is 10.6 Å². The number of amides is 2. The van der Waals surface area contributed by atoms with E-state index in [1.54, 1.807) is 45.0 Å². The van der Waals surface area contributed by atoms with Gasteiger partial charge in [-0.05, 0) is 39.0 Å². The Labute approximate surface area is 145 Å². The number of furan rings is 1. The number of oxazole rings is 1. The Morgan fingerprint density at radius 2 is 2.00 bits per heavy atom. The summed E-state index contributed by atoms with van der Waals surface area (Å²) in [6, 6.07) is 6.57. The summed E-state index contributed by atoms with van der Waals surface area (Å²) in [7, 11) is 0. The quantitative estimate of drug-likeness (QED) is 0.674. The van der Waals surface area contributed by atoms with Gasteiger partial charge in [-0.15, -0.1) is 0 Å². The van der Waals surface area contributed by atoms with E-state index in [-0.39, 0.29) is 6.54 Å². The normalized spacial score (nSPS) is 13.6. The Bertz CT molecular complexity index is 924. The number of urea groups is 1. The summed E-state index contributed by atoms with van der Waals surface area (Å²) in [4.78, 5) is 16.3. The van der Waals surface area contributed by atoms with Gasteiger partial charge >= 0.3 is 6.03 Å². The molecule has 0 fully saturated rings. The summed E-state index contributed by atoms with van der Waals surface area (Å²) in [5.74, 6) is 1.92. The summed E-state index contributed by atoms with van der Waals surface area (Å²) < 4.78 is 10.9. The zero-order valence-corrected chi connectivity index (χ0v) is 14.6. The molecule has 3 N–H and O–H groups in total. The molecule has 0 aliphatic rings. The number of aryl methyl sites for hydroxylation is 3. The number of fused-ring (bicyclic) bond motifs is 1. The lowest BCUT2D eigenvalue weighted by atomic mass is 9.96. The first-order chi connectivity index (χ1) is 11.7. The molecule has 2 amide bonds. The van der Waals surface area contributed by atoms with E-state index in [9.17, 15) is 9.90 Å². The summed E-state index contributed by atoms with van der Waals surface area (Å²) in [5, 5.41) is 16.0. The first-order valence-corrected chi connectivity index (χ1v) is 7.96. The SMILES string of the molecule is Cc1cc(C(C)(O)CNC(=O)Nc2ccc3nc(C)oc3c2)c(C)o1. The Hall–Kier alpha value is -2.80. The Morgan fingerprint density at radius 3 is 2.68 bits per heavy atom. The zero-order chi connectivity index (χ0) is 18.2. The Kier molecular flexibility index (Phi) is 4.26. The lowest BCUT2D eigenvalue weighted by Crippen LogP contribution is -2.40. The summed E-state index contributed by atoms with van der Waals surface area (Å²) >= 11 is 0. The van der Waals surface area contributed by atoms with Crippen LogP contribution >= 0.6 is 0 Å². The van der Waals surface area contributed by atoms with E-state index in [2.05, 4.69) is 15.6 Å². The fourth-order valence-corrected chi connectivity index (χ4v) is 2.81. The molecular weight excluding hydrogens is 322 g/mol. The van der Waals surface area contributed by atoms with Crippen LogP contribution in [-0.4, -0.2) is 22.7 Å². The van der Waals surface area contributed by atoms with Crippen molar-refractivity contribution in [3.8, 4) is 0 Å². The molecule has 0 aliphatic heterocycles. The van der Waals surface area contributed by atoms with Gasteiger partial charge in [0.05, 0.1) is 6.54 Å². The van der Waals surface area contributed by atoms with E-state index in [1.165, 1.54) is 0 Å². The number of benzene rings is 1. The minimum atomic E-state index is -1.23. The second-order valence-corrected chi connectivity index (χ2v) is 6.32. The molecule has 132 valence electrons. The molecular formula is C18H21N3O4. The third-order valence-electron chi connectivity index (χ3n) is 3.97. The third-order valence-corrected chi connectivity index (χ3v) is 3.97. The minimum Gasteiger partial charge on any atom is -0.466 e. The summed E-state index contributed by atoms with van der Waals surface area (Å²) in [6.07, 6.45) is 0. The van der Waals surface area contributed by atoms with E-state index in [0.717, 1.165) is 5.52 Å². The molecule has 0 radical (unpaired) electrons. The van der Waals surface area contributed by atoms with E-state index < -0.39 is 11.6 Å². The molecule has 7 nitrogen and oxygen atoms in total. The molecule has 0 saturated carbocycles. The predicted molar refractivity (Wildman–Crippen MR) is 93.5 cm³/mol. The van der Waals surface area contributed by atoms with Crippen LogP contribution in [0.2, 0.25) is 0 Å². The summed E-state index contributed by atoms with van der Waals surface area (Å²) in [6.45, 7) is 7.04. The standard InChI is InChI=1S/C18H21N3O4/c1-10-7-14(11(2)24-10)18(4,23)9-19-17(22)21-13-5-6-15-16(8-13)25-12(3)20-15/h5-8,23H,9H2,1-4H3,(H2,19,21,22). The molecule has 0 spiro atoms. The number of carbonyl (C=O) groups is 1. The average molecular weight is 343 g/mol. The molecule has 1 aromatic carbocycles. The molecule has 1 atom stereocenters. The molecule has 0 saturated heterocycles. The number of anilines is 1. The number of aliphatic hydroxyl groups is 1. The highest BCUT2D eigenvalue weighted by atomic mass is 16.3. The maximum atomic E-state index is 12.1. The van der Waals surface area contributed by atoms with Gasteiger partial charge in [0.2, 0.25) is 0 Å². The molecule has 2 aromatic heterocycles. The van der Waals surface area contributed by atoms with Gasteiger partial charge in [-0.1, -0.05) is 0 Å². The van der Waals surface area contributed by atoms with Gasteiger partial charge in [-0.2, -0.15) is 0 Å². The molecule has 0 bridgehead atoms. The topological polar surface area (TPSA) is 101 Å². The number of aromatic nitrogens is 1. The van der Waals surface area contributed by atoms with Gasteiger partial charge in [-0.3, -0.25) is 0 Å². The van der Waals surface area contributed by atoms with Crippen molar-refractivity contribution < 1.29 is 18.7 Å². The van der Waals surface area contributed by atoms with Crippen molar-refractivity contribution in [3.05, 3.63) is 47.2 Å². The molecule has 3 aromatic rings. The van der Waals surface area contributed by atoms with Crippen LogP contribution in [0.4, 0.5) is 10.5 Å². The molecule has 3 rings (SSSR count). The largest absolute Gasteiger partial charge is 0.466 e. The van der Waals surface area contributed by atoms with Crippen molar-refractivity contribution in [3.63, 3.8) is 0 Å². The second kappa shape index (κ2) is 6.25. The van der Waals surface area contributed by atoms with E-state index in [4.69, 9.17) is 8.83 Å². The smallest absolute Gasteiger partial charge is 0.319 e. The predicted octanol–water partition coefficient (Wildman–Crippen LogP) is 3.38. The van der Waals surface area contributed by atoms with Crippen LogP contribution in [-0.2, 0) is 5.60 Å². The van der Waals surface area contributed by atoms with E-state index >= 15 is 0 Å². The lowest BCUT2D eigenvalue weighted by molar-refractivity contribution is 0.0584. The van der Waals surface area contributed by atoms with E-state index in [1.807, 2.05) is 6.92 Å². The first-order valence-electron chi connectivity index (χ1n) is 7.96. The van der Waals surface area contributed by atoms with Crippen LogP contribution in [0.25, 0.3) is 11.1 Å². The van der Waals surface area contributed by atoms with Crippen molar-refractivity contribution in [1.29, 1.82) is 0 Å². The number of hydrogen-bond donors (Lipinski definition) is 3. The van der Waals surface area contributed by atoms with E-state index in [0.29, 0.717) is 34.2 Å². The van der Waals surface area contributed by atoms with Crippen LogP contribution in [0.15, 0.2) is 33.1 Å². The highest BCUT2D eigenvalue weighted by molar-refractivity contribution is 5.91. The van der Waals surface area contributed by atoms with Crippen LogP contribution in [0.1, 0.15) is 29.9 Å². The van der Waals surface area contributed by atoms with Crippen molar-refractivity contribution in [2.75, 3.05) is 11.9 Å². The maximum absolute atomic E-state index is 12.1. The van der Waals surface area contributed by atoms with Gasteiger partial charge < -0.3 is 24.6 Å². The van der Waals surface area contributed by atoms with Crippen molar-refractivity contribution in [2.24, 2.45) is 0 Å². The van der Waals surface area contributed by atoms with Crippen molar-refractivity contribution >= 4 is 22.8 Å². The van der Waals surface area contributed by atoms with Crippen LogP contribution in [0, 0.1) is 20.8 Å². The van der Waals surface area contributed by atoms with Gasteiger partial charge in [0.1, 0.15) is 22.6 Å². The monoisotopic (exact) mass is 343 g/mol. The Balaban J connectivity index is 1.64. The van der Waals surface area contributed by atoms with Crippen molar-refractivity contribution in [1.82, 2.24) is 10.3 Å². The summed E-state index contributed by atoms with van der Waals surface area (Å²) in [5.41, 5.74) is 1.34. The molecule has 2 heterocycles. The fourth-order valence-electron chi connectivity index (χ4n) is 2.81. The fraction of sp³-hybridized carbons (Fsp3) is 0.333. The van der Waals surface area contributed by atoms with Gasteiger partial charge in [0.25, 0.3) is 0 Å². The van der Waals surface area contributed by atoms with Crippen LogP contribution in [0.5, 0.6) is 0 Å². The average Bonchev–Trinajstić information content (AvgIpc) is 3.06. The number of nitrogens with one attached hydrogen (secondary N) is 2. The highest BCUT2D eigenvalue weighted by Crippen LogP contribution is 2.26. The number of hydrogen-bond acceptors (Lipinski definition) is 5. The second-order valence-electron chi connectivity index (χ2n) is 6.32. The first kappa shape index (κ1) is 17.0. The van der Waals surface area contributed by atoms with Crippen LogP contribution in [0.3, 0.4) is 0 Å². The minimum absolute atomic E-state index is 0.0440.